The van der Waals surface area contributed by atoms with Gasteiger partial charge in [0.2, 0.25) is 5.91 Å². The van der Waals surface area contributed by atoms with Crippen molar-refractivity contribution in [2.75, 3.05) is 13.1 Å². The molecule has 3 unspecified atom stereocenters. The standard InChI is InChI=1S/C22H26N6O/c1-14-23-20(26-24-14)9-10-21(29)28-12-11-19-18(13-28)22(27-25-19)17-8-4-6-15-5-2-3-7-16(15)17/h2-8,18-19,22,25,27H,9-13H2,1H3,(H,23,24,26). The minimum absolute atomic E-state index is 0.189. The van der Waals surface area contributed by atoms with E-state index in [4.69, 9.17) is 0 Å². The molecule has 1 aromatic heterocycles. The summed E-state index contributed by atoms with van der Waals surface area (Å²) in [5.41, 5.74) is 8.29. The number of hydrogen-bond donors (Lipinski definition) is 3. The molecule has 3 aromatic rings. The summed E-state index contributed by atoms with van der Waals surface area (Å²) in [5, 5.41) is 9.51. The molecule has 0 saturated carbocycles. The minimum Gasteiger partial charge on any atom is -0.342 e. The van der Waals surface area contributed by atoms with Crippen molar-refractivity contribution in [3.05, 3.63) is 59.7 Å². The Morgan fingerprint density at radius 2 is 2.03 bits per heavy atom. The number of nitrogens with zero attached hydrogens (tertiary/aromatic N) is 3. The number of hydrogen-bond acceptors (Lipinski definition) is 5. The van der Waals surface area contributed by atoms with Crippen molar-refractivity contribution in [3.8, 4) is 0 Å². The van der Waals surface area contributed by atoms with E-state index in [0.717, 1.165) is 25.3 Å². The lowest BCUT2D eigenvalue weighted by Gasteiger charge is -2.36. The first-order chi connectivity index (χ1) is 14.2. The van der Waals surface area contributed by atoms with Gasteiger partial charge in [0.1, 0.15) is 5.82 Å². The molecule has 150 valence electrons. The maximum atomic E-state index is 12.8. The third-order valence-electron chi connectivity index (χ3n) is 6.23. The molecule has 3 atom stereocenters. The van der Waals surface area contributed by atoms with Crippen LogP contribution in [0.3, 0.4) is 0 Å². The molecule has 0 spiro atoms. The van der Waals surface area contributed by atoms with E-state index in [1.807, 2.05) is 11.8 Å². The number of aryl methyl sites for hydroxylation is 2. The quantitative estimate of drug-likeness (QED) is 0.636. The lowest BCUT2D eigenvalue weighted by molar-refractivity contribution is -0.133. The molecule has 2 fully saturated rings. The number of carbonyl (C=O) groups excluding carboxylic acids is 1. The van der Waals surface area contributed by atoms with Crippen molar-refractivity contribution in [2.24, 2.45) is 5.92 Å². The predicted octanol–water partition coefficient (Wildman–Crippen LogP) is 2.27. The van der Waals surface area contributed by atoms with Gasteiger partial charge in [-0.1, -0.05) is 42.5 Å². The number of nitrogens with one attached hydrogen (secondary N) is 3. The molecule has 5 rings (SSSR count). The Kier molecular flexibility index (Phi) is 4.77. The number of likely N-dealkylation sites (tertiary alicyclic amines) is 1. The number of carbonyl (C=O) groups is 1. The number of H-pyrrole nitrogens is 1. The van der Waals surface area contributed by atoms with E-state index in [1.54, 1.807) is 0 Å². The molecule has 7 nitrogen and oxygen atoms in total. The van der Waals surface area contributed by atoms with Crippen molar-refractivity contribution in [2.45, 2.75) is 38.3 Å². The largest absolute Gasteiger partial charge is 0.342 e. The summed E-state index contributed by atoms with van der Waals surface area (Å²) < 4.78 is 0. The summed E-state index contributed by atoms with van der Waals surface area (Å²) in [6.07, 6.45) is 2.00. The van der Waals surface area contributed by atoms with Crippen LogP contribution in [-0.4, -0.2) is 45.1 Å². The molecule has 7 heteroatoms. The number of rotatable bonds is 4. The van der Waals surface area contributed by atoms with Gasteiger partial charge in [0.05, 0.1) is 6.04 Å². The van der Waals surface area contributed by atoms with E-state index in [0.29, 0.717) is 30.6 Å². The normalized spacial score (nSPS) is 24.0. The molecule has 2 saturated heterocycles. The van der Waals surface area contributed by atoms with E-state index in [9.17, 15) is 4.79 Å². The Balaban J connectivity index is 1.31. The van der Waals surface area contributed by atoms with E-state index < -0.39 is 0 Å². The predicted molar refractivity (Wildman–Crippen MR) is 111 cm³/mol. The average molecular weight is 390 g/mol. The van der Waals surface area contributed by atoms with Gasteiger partial charge in [-0.25, -0.2) is 10.4 Å². The second-order valence-corrected chi connectivity index (χ2v) is 8.07. The van der Waals surface area contributed by atoms with Crippen molar-refractivity contribution in [1.82, 2.24) is 30.9 Å². The van der Waals surface area contributed by atoms with Crippen LogP contribution in [0, 0.1) is 12.8 Å². The van der Waals surface area contributed by atoms with Crippen LogP contribution in [0.25, 0.3) is 10.8 Å². The molecular formula is C22H26N6O. The van der Waals surface area contributed by atoms with Crippen molar-refractivity contribution >= 4 is 16.7 Å². The number of benzene rings is 2. The zero-order valence-corrected chi connectivity index (χ0v) is 16.6. The Bertz CT molecular complexity index is 1030. The first-order valence-corrected chi connectivity index (χ1v) is 10.3. The second-order valence-electron chi connectivity index (χ2n) is 8.07. The molecule has 2 aromatic carbocycles. The van der Waals surface area contributed by atoms with Crippen LogP contribution in [0.1, 0.15) is 36.1 Å². The Labute approximate surface area is 169 Å². The monoisotopic (exact) mass is 390 g/mol. The maximum absolute atomic E-state index is 12.8. The zero-order valence-electron chi connectivity index (χ0n) is 16.6. The molecule has 3 heterocycles. The Morgan fingerprint density at radius 3 is 2.90 bits per heavy atom. The lowest BCUT2D eigenvalue weighted by Crippen LogP contribution is -2.47. The summed E-state index contributed by atoms with van der Waals surface area (Å²) in [6.45, 7) is 3.44. The van der Waals surface area contributed by atoms with Crippen molar-refractivity contribution in [1.29, 1.82) is 0 Å². The van der Waals surface area contributed by atoms with Gasteiger partial charge >= 0.3 is 0 Å². The number of aromatic amines is 1. The van der Waals surface area contributed by atoms with Crippen molar-refractivity contribution in [3.63, 3.8) is 0 Å². The second kappa shape index (κ2) is 7.57. The SMILES string of the molecule is Cc1nc(CCC(=O)N2CCC3NNC(c4cccc5ccccc45)C3C2)n[nH]1. The molecule has 0 radical (unpaired) electrons. The third kappa shape index (κ3) is 3.52. The number of piperidine rings is 1. The number of fused-ring (bicyclic) bond motifs is 2. The van der Waals surface area contributed by atoms with Gasteiger partial charge in [-0.05, 0) is 29.7 Å². The topological polar surface area (TPSA) is 85.9 Å². The van der Waals surface area contributed by atoms with Gasteiger partial charge in [0.25, 0.3) is 0 Å². The number of aromatic nitrogens is 3. The lowest BCUT2D eigenvalue weighted by atomic mass is 9.83. The van der Waals surface area contributed by atoms with Gasteiger partial charge < -0.3 is 4.90 Å². The molecule has 0 bridgehead atoms. The summed E-state index contributed by atoms with van der Waals surface area (Å²) in [6, 6.07) is 15.6. The van der Waals surface area contributed by atoms with Crippen molar-refractivity contribution < 1.29 is 4.79 Å². The first-order valence-electron chi connectivity index (χ1n) is 10.3. The van der Waals surface area contributed by atoms with Crippen LogP contribution in [0.4, 0.5) is 0 Å². The minimum atomic E-state index is 0.189. The van der Waals surface area contributed by atoms with E-state index in [2.05, 4.69) is 68.5 Å². The first kappa shape index (κ1) is 18.3. The van der Waals surface area contributed by atoms with E-state index in [-0.39, 0.29) is 11.9 Å². The molecule has 29 heavy (non-hydrogen) atoms. The summed E-state index contributed by atoms with van der Waals surface area (Å²) in [5.74, 6) is 2.04. The zero-order chi connectivity index (χ0) is 19.8. The number of amides is 1. The highest BCUT2D eigenvalue weighted by molar-refractivity contribution is 5.86. The van der Waals surface area contributed by atoms with Crippen LogP contribution < -0.4 is 10.9 Å². The van der Waals surface area contributed by atoms with E-state index >= 15 is 0 Å². The molecule has 1 amide bonds. The summed E-state index contributed by atoms with van der Waals surface area (Å²) in [7, 11) is 0. The van der Waals surface area contributed by atoms with Gasteiger partial charge in [0.15, 0.2) is 5.82 Å². The van der Waals surface area contributed by atoms with Gasteiger partial charge in [0, 0.05) is 37.9 Å². The molecule has 2 aliphatic heterocycles. The van der Waals surface area contributed by atoms with Crippen LogP contribution in [0.15, 0.2) is 42.5 Å². The molecule has 2 aliphatic rings. The number of hydrazine groups is 1. The average Bonchev–Trinajstić information content (AvgIpc) is 3.37. The maximum Gasteiger partial charge on any atom is 0.223 e. The van der Waals surface area contributed by atoms with Gasteiger partial charge in [-0.2, -0.15) is 5.10 Å². The van der Waals surface area contributed by atoms with Gasteiger partial charge in [-0.3, -0.25) is 15.3 Å². The highest BCUT2D eigenvalue weighted by Gasteiger charge is 2.41. The van der Waals surface area contributed by atoms with E-state index in [1.165, 1.54) is 16.3 Å². The van der Waals surface area contributed by atoms with Gasteiger partial charge in [-0.15, -0.1) is 0 Å². The fourth-order valence-corrected chi connectivity index (χ4v) is 4.74. The third-order valence-corrected chi connectivity index (χ3v) is 6.23. The highest BCUT2D eigenvalue weighted by atomic mass is 16.2. The summed E-state index contributed by atoms with van der Waals surface area (Å²) in [4.78, 5) is 19.2. The smallest absolute Gasteiger partial charge is 0.223 e. The summed E-state index contributed by atoms with van der Waals surface area (Å²) >= 11 is 0. The fraction of sp³-hybridized carbons (Fsp3) is 0.409. The fourth-order valence-electron chi connectivity index (χ4n) is 4.74. The van der Waals surface area contributed by atoms with Crippen LogP contribution in [-0.2, 0) is 11.2 Å². The van der Waals surface area contributed by atoms with Crippen LogP contribution in [0.5, 0.6) is 0 Å². The van der Waals surface area contributed by atoms with Crippen LogP contribution >= 0.6 is 0 Å². The molecule has 3 N–H and O–H groups in total. The molecule has 0 aliphatic carbocycles. The highest BCUT2D eigenvalue weighted by Crippen LogP contribution is 2.36. The van der Waals surface area contributed by atoms with Crippen LogP contribution in [0.2, 0.25) is 0 Å². The Morgan fingerprint density at radius 1 is 1.17 bits per heavy atom. The Hall–Kier alpha value is -2.77. The molecular weight excluding hydrogens is 364 g/mol.